The molecule has 5 aliphatic rings. The summed E-state index contributed by atoms with van der Waals surface area (Å²) in [6.45, 7) is 6.04. The van der Waals surface area contributed by atoms with Crippen LogP contribution in [0.1, 0.15) is 64.7 Å². The molecule has 4 aliphatic carbocycles. The van der Waals surface area contributed by atoms with Crippen molar-refractivity contribution in [1.82, 2.24) is 0 Å². The molecule has 0 spiro atoms. The van der Waals surface area contributed by atoms with Crippen LogP contribution in [0.25, 0.3) is 0 Å². The van der Waals surface area contributed by atoms with Gasteiger partial charge in [-0.05, 0) is 63.7 Å². The topological polar surface area (TPSA) is 61.8 Å². The second kappa shape index (κ2) is 6.11. The van der Waals surface area contributed by atoms with Crippen LogP contribution < -0.4 is 0 Å². The van der Waals surface area contributed by atoms with Crippen LogP contribution in [-0.2, 0) is 23.8 Å². The van der Waals surface area contributed by atoms with E-state index in [4.69, 9.17) is 14.2 Å². The molecule has 1 aliphatic heterocycles. The minimum atomic E-state index is -0.507. The summed E-state index contributed by atoms with van der Waals surface area (Å²) in [6.07, 6.45) is 7.66. The molecule has 0 aromatic rings. The first-order valence-electron chi connectivity index (χ1n) is 9.61. The monoisotopic (exact) mass is 348 g/mol. The third kappa shape index (κ3) is 3.12. The highest BCUT2D eigenvalue weighted by atomic mass is 16.7. The highest BCUT2D eigenvalue weighted by Gasteiger charge is 2.63. The van der Waals surface area contributed by atoms with E-state index in [1.807, 2.05) is 0 Å². The Hall–Kier alpha value is -1.36. The van der Waals surface area contributed by atoms with Crippen LogP contribution in [0.5, 0.6) is 0 Å². The lowest BCUT2D eigenvalue weighted by Crippen LogP contribution is -2.60. The van der Waals surface area contributed by atoms with Crippen molar-refractivity contribution >= 4 is 11.9 Å². The first-order chi connectivity index (χ1) is 11.9. The van der Waals surface area contributed by atoms with E-state index in [0.717, 1.165) is 51.4 Å². The van der Waals surface area contributed by atoms with Gasteiger partial charge in [-0.2, -0.15) is 0 Å². The molecule has 25 heavy (non-hydrogen) atoms. The molecule has 1 saturated heterocycles. The molecule has 0 N–H and O–H groups in total. The molecule has 0 radical (unpaired) electrons. The Labute approximate surface area is 149 Å². The van der Waals surface area contributed by atoms with E-state index in [1.54, 1.807) is 6.92 Å². The molecule has 0 aromatic carbocycles. The quantitative estimate of drug-likeness (QED) is 0.575. The van der Waals surface area contributed by atoms with E-state index in [-0.39, 0.29) is 11.9 Å². The van der Waals surface area contributed by atoms with Crippen molar-refractivity contribution in [1.29, 1.82) is 0 Å². The van der Waals surface area contributed by atoms with Gasteiger partial charge >= 0.3 is 11.9 Å². The summed E-state index contributed by atoms with van der Waals surface area (Å²) in [4.78, 5) is 25.2. The molecular formula is C20H28O5. The van der Waals surface area contributed by atoms with Gasteiger partial charge in [0.1, 0.15) is 5.60 Å². The predicted octanol–water partition coefficient (Wildman–Crippen LogP) is 3.51. The molecule has 138 valence electrons. The van der Waals surface area contributed by atoms with Crippen LogP contribution >= 0.6 is 0 Å². The van der Waals surface area contributed by atoms with Crippen LogP contribution in [0.4, 0.5) is 0 Å². The molecule has 5 fully saturated rings. The highest BCUT2D eigenvalue weighted by molar-refractivity contribution is 5.87. The van der Waals surface area contributed by atoms with Gasteiger partial charge in [0, 0.05) is 18.4 Å². The molecule has 1 heterocycles. The first kappa shape index (κ1) is 17.1. The lowest BCUT2D eigenvalue weighted by molar-refractivity contribution is -0.228. The van der Waals surface area contributed by atoms with E-state index < -0.39 is 17.3 Å². The van der Waals surface area contributed by atoms with Gasteiger partial charge in [0.2, 0.25) is 6.29 Å². The van der Waals surface area contributed by atoms with Crippen molar-refractivity contribution < 1.29 is 23.8 Å². The van der Waals surface area contributed by atoms with Crippen LogP contribution in [0.3, 0.4) is 0 Å². The van der Waals surface area contributed by atoms with Crippen LogP contribution in [0, 0.1) is 17.3 Å². The van der Waals surface area contributed by atoms with Crippen molar-refractivity contribution in [3.05, 3.63) is 12.2 Å². The number of rotatable bonds is 4. The lowest BCUT2D eigenvalue weighted by Gasteiger charge is -2.59. The maximum Gasteiger partial charge on any atom is 0.333 e. The Kier molecular flexibility index (Phi) is 4.18. The standard InChI is InChI=1S/C20H28O5/c1-13(2)17(21)25-20-10-14-7-15(11-20)9-19(8-14,12-20)18(22)24-16-5-3-4-6-23-16/h14-16H,1,3-12H2,2H3. The molecule has 4 bridgehead atoms. The number of esters is 2. The van der Waals surface area contributed by atoms with Gasteiger partial charge in [-0.25, -0.2) is 4.79 Å². The Morgan fingerprint density at radius 2 is 1.84 bits per heavy atom. The van der Waals surface area contributed by atoms with Crippen LogP contribution in [-0.4, -0.2) is 30.4 Å². The zero-order valence-electron chi connectivity index (χ0n) is 15.1. The van der Waals surface area contributed by atoms with Crippen molar-refractivity contribution in [2.45, 2.75) is 76.6 Å². The fourth-order valence-corrected chi connectivity index (χ4v) is 5.87. The van der Waals surface area contributed by atoms with Gasteiger partial charge in [0.05, 0.1) is 12.0 Å². The van der Waals surface area contributed by atoms with E-state index in [0.29, 0.717) is 30.4 Å². The van der Waals surface area contributed by atoms with E-state index in [9.17, 15) is 9.59 Å². The van der Waals surface area contributed by atoms with E-state index in [2.05, 4.69) is 6.58 Å². The number of carbonyl (C=O) groups is 2. The summed E-state index contributed by atoms with van der Waals surface area (Å²) >= 11 is 0. The lowest BCUT2D eigenvalue weighted by atomic mass is 9.48. The van der Waals surface area contributed by atoms with Crippen molar-refractivity contribution in [3.63, 3.8) is 0 Å². The highest BCUT2D eigenvalue weighted by Crippen LogP contribution is 2.63. The van der Waals surface area contributed by atoms with E-state index in [1.165, 1.54) is 0 Å². The predicted molar refractivity (Wildman–Crippen MR) is 90.4 cm³/mol. The SMILES string of the molecule is C=C(C)C(=O)OC12CC3CC(C1)CC(C(=O)OC1CCCCO1)(C3)C2. The van der Waals surface area contributed by atoms with Crippen molar-refractivity contribution in [2.75, 3.05) is 6.61 Å². The molecule has 5 rings (SSSR count). The summed E-state index contributed by atoms with van der Waals surface area (Å²) in [5.74, 6) is 0.420. The van der Waals surface area contributed by atoms with Gasteiger partial charge in [-0.1, -0.05) is 6.58 Å². The Morgan fingerprint density at radius 1 is 1.12 bits per heavy atom. The zero-order valence-corrected chi connectivity index (χ0v) is 15.1. The Morgan fingerprint density at radius 3 is 2.44 bits per heavy atom. The third-order valence-electron chi connectivity index (χ3n) is 6.47. The number of carbonyl (C=O) groups excluding carboxylic acids is 2. The summed E-state index contributed by atoms with van der Waals surface area (Å²) in [5.41, 5.74) is -0.588. The average Bonchev–Trinajstić information content (AvgIpc) is 2.54. The molecule has 0 aromatic heterocycles. The molecule has 5 heteroatoms. The smallest absolute Gasteiger partial charge is 0.333 e. The molecule has 5 nitrogen and oxygen atoms in total. The van der Waals surface area contributed by atoms with Crippen LogP contribution in [0.2, 0.25) is 0 Å². The second-order valence-electron chi connectivity index (χ2n) is 8.80. The zero-order chi connectivity index (χ0) is 17.7. The summed E-state index contributed by atoms with van der Waals surface area (Å²) in [7, 11) is 0. The molecule has 3 atom stereocenters. The van der Waals surface area contributed by atoms with Gasteiger partial charge in [0.15, 0.2) is 0 Å². The van der Waals surface area contributed by atoms with Crippen molar-refractivity contribution in [2.24, 2.45) is 17.3 Å². The number of hydrogen-bond donors (Lipinski definition) is 0. The van der Waals surface area contributed by atoms with Gasteiger partial charge in [-0.15, -0.1) is 0 Å². The largest absolute Gasteiger partial charge is 0.456 e. The summed E-state index contributed by atoms with van der Waals surface area (Å²) < 4.78 is 17.2. The average molecular weight is 348 g/mol. The summed E-state index contributed by atoms with van der Waals surface area (Å²) in [6, 6.07) is 0. The van der Waals surface area contributed by atoms with Gasteiger partial charge in [-0.3, -0.25) is 4.79 Å². The van der Waals surface area contributed by atoms with E-state index >= 15 is 0 Å². The Balaban J connectivity index is 1.52. The Bertz CT molecular complexity index is 575. The molecule has 4 saturated carbocycles. The third-order valence-corrected chi connectivity index (χ3v) is 6.47. The minimum Gasteiger partial charge on any atom is -0.456 e. The first-order valence-corrected chi connectivity index (χ1v) is 9.61. The maximum absolute atomic E-state index is 13.1. The summed E-state index contributed by atoms with van der Waals surface area (Å²) in [5, 5.41) is 0. The molecular weight excluding hydrogens is 320 g/mol. The fraction of sp³-hybridized carbons (Fsp3) is 0.800. The molecule has 3 unspecified atom stereocenters. The number of ether oxygens (including phenoxy) is 3. The van der Waals surface area contributed by atoms with Gasteiger partial charge in [0.25, 0.3) is 0 Å². The molecule has 0 amide bonds. The maximum atomic E-state index is 13.1. The van der Waals surface area contributed by atoms with Crippen LogP contribution in [0.15, 0.2) is 12.2 Å². The van der Waals surface area contributed by atoms with Gasteiger partial charge < -0.3 is 14.2 Å². The fourth-order valence-electron chi connectivity index (χ4n) is 5.87. The minimum absolute atomic E-state index is 0.135. The van der Waals surface area contributed by atoms with Crippen molar-refractivity contribution in [3.8, 4) is 0 Å². The second-order valence-corrected chi connectivity index (χ2v) is 8.80. The number of hydrogen-bond acceptors (Lipinski definition) is 5. The normalized spacial score (nSPS) is 42.0.